The molecule has 106 valence electrons. The van der Waals surface area contributed by atoms with Crippen LogP contribution in [0.5, 0.6) is 0 Å². The predicted octanol–water partition coefficient (Wildman–Crippen LogP) is 1.96. The third-order valence-electron chi connectivity index (χ3n) is 4.15. The van der Waals surface area contributed by atoms with Crippen molar-refractivity contribution in [3.63, 3.8) is 0 Å². The lowest BCUT2D eigenvalue weighted by Gasteiger charge is -2.43. The number of aryl methyl sites for hydroxylation is 1. The van der Waals surface area contributed by atoms with Crippen LogP contribution in [0.1, 0.15) is 37.4 Å². The lowest BCUT2D eigenvalue weighted by molar-refractivity contribution is -0.145. The average molecular weight is 286 g/mol. The largest absolute Gasteiger partial charge is 0.381 e. The van der Waals surface area contributed by atoms with Gasteiger partial charge in [0, 0.05) is 38.3 Å². The molecule has 3 heterocycles. The van der Waals surface area contributed by atoms with E-state index in [0.29, 0.717) is 11.9 Å². The molecule has 0 amide bonds. The second-order valence-corrected chi connectivity index (χ2v) is 5.80. The van der Waals surface area contributed by atoms with Gasteiger partial charge in [0.25, 0.3) is 0 Å². The molecule has 1 atom stereocenters. The molecule has 0 N–H and O–H groups in total. The lowest BCUT2D eigenvalue weighted by Crippen LogP contribution is -2.44. The molecule has 0 bridgehead atoms. The van der Waals surface area contributed by atoms with Gasteiger partial charge in [-0.15, -0.1) is 16.7 Å². The fraction of sp³-hybridized carbons (Fsp3) is 0.846. The quantitative estimate of drug-likeness (QED) is 0.797. The van der Waals surface area contributed by atoms with Crippen LogP contribution in [0.3, 0.4) is 0 Å². The fourth-order valence-electron chi connectivity index (χ4n) is 3.02. The Hall–Kier alpha value is -0.650. The van der Waals surface area contributed by atoms with E-state index in [1.54, 1.807) is 0 Å². The number of halogens is 1. The van der Waals surface area contributed by atoms with E-state index in [2.05, 4.69) is 10.3 Å². The molecule has 2 aliphatic rings. The van der Waals surface area contributed by atoms with Crippen molar-refractivity contribution in [3.8, 4) is 0 Å². The predicted molar refractivity (Wildman–Crippen MR) is 71.5 cm³/mol. The maximum absolute atomic E-state index is 6.05. The SMILES string of the molecule is ClCCc1cn(C2CCOC3(CCOCC3)C2)nn1. The zero-order chi connectivity index (χ0) is 13.1. The van der Waals surface area contributed by atoms with Crippen molar-refractivity contribution in [1.82, 2.24) is 15.0 Å². The van der Waals surface area contributed by atoms with Crippen molar-refractivity contribution in [3.05, 3.63) is 11.9 Å². The summed E-state index contributed by atoms with van der Waals surface area (Å²) in [4.78, 5) is 0. The van der Waals surface area contributed by atoms with Crippen molar-refractivity contribution < 1.29 is 9.47 Å². The maximum atomic E-state index is 6.05. The highest BCUT2D eigenvalue weighted by Gasteiger charge is 2.39. The van der Waals surface area contributed by atoms with Gasteiger partial charge in [-0.3, -0.25) is 0 Å². The minimum Gasteiger partial charge on any atom is -0.381 e. The Morgan fingerprint density at radius 1 is 1.37 bits per heavy atom. The van der Waals surface area contributed by atoms with E-state index in [1.807, 2.05) is 10.9 Å². The highest BCUT2D eigenvalue weighted by molar-refractivity contribution is 6.17. The molecule has 1 aromatic rings. The number of ether oxygens (including phenoxy) is 2. The Kier molecular flexibility index (Phi) is 4.05. The van der Waals surface area contributed by atoms with E-state index in [0.717, 1.165) is 57.6 Å². The number of rotatable bonds is 3. The maximum Gasteiger partial charge on any atom is 0.0839 e. The molecule has 2 fully saturated rings. The summed E-state index contributed by atoms with van der Waals surface area (Å²) in [6.45, 7) is 2.42. The first kappa shape index (κ1) is 13.3. The first-order chi connectivity index (χ1) is 9.31. The third kappa shape index (κ3) is 2.93. The molecule has 2 saturated heterocycles. The Balaban J connectivity index is 1.69. The molecular formula is C13H20ClN3O2. The molecule has 0 aliphatic carbocycles. The molecule has 19 heavy (non-hydrogen) atoms. The fourth-order valence-corrected chi connectivity index (χ4v) is 3.22. The Morgan fingerprint density at radius 2 is 2.21 bits per heavy atom. The van der Waals surface area contributed by atoms with Crippen LogP contribution in [-0.2, 0) is 15.9 Å². The van der Waals surface area contributed by atoms with Gasteiger partial charge in [-0.25, -0.2) is 4.68 Å². The van der Waals surface area contributed by atoms with Crippen LogP contribution in [0.15, 0.2) is 6.20 Å². The highest BCUT2D eigenvalue weighted by Crippen LogP contribution is 2.38. The summed E-state index contributed by atoms with van der Waals surface area (Å²) >= 11 is 5.74. The second kappa shape index (κ2) is 5.77. The van der Waals surface area contributed by atoms with Crippen LogP contribution in [0.25, 0.3) is 0 Å². The molecule has 1 spiro atoms. The first-order valence-corrected chi connectivity index (χ1v) is 7.53. The van der Waals surface area contributed by atoms with Crippen molar-refractivity contribution in [2.75, 3.05) is 25.7 Å². The standard InChI is InChI=1S/C13H20ClN3O2/c14-5-1-11-10-17(16-15-11)12-2-6-19-13(9-12)3-7-18-8-4-13/h10,12H,1-9H2. The van der Waals surface area contributed by atoms with Gasteiger partial charge < -0.3 is 9.47 Å². The summed E-state index contributed by atoms with van der Waals surface area (Å²) in [6, 6.07) is 0.392. The molecule has 2 aliphatic heterocycles. The van der Waals surface area contributed by atoms with Crippen LogP contribution in [0.4, 0.5) is 0 Å². The normalized spacial score (nSPS) is 26.7. The van der Waals surface area contributed by atoms with E-state index >= 15 is 0 Å². The van der Waals surface area contributed by atoms with E-state index < -0.39 is 0 Å². The Morgan fingerprint density at radius 3 is 3.00 bits per heavy atom. The van der Waals surface area contributed by atoms with Crippen molar-refractivity contribution >= 4 is 11.6 Å². The van der Waals surface area contributed by atoms with Gasteiger partial charge in [0.2, 0.25) is 0 Å². The monoisotopic (exact) mass is 285 g/mol. The van der Waals surface area contributed by atoms with Gasteiger partial charge in [0.15, 0.2) is 0 Å². The minimum atomic E-state index is -0.000233. The number of aromatic nitrogens is 3. The summed E-state index contributed by atoms with van der Waals surface area (Å²) in [6.07, 6.45) is 6.82. The summed E-state index contributed by atoms with van der Waals surface area (Å²) in [5.41, 5.74) is 0.974. The minimum absolute atomic E-state index is 0.000233. The van der Waals surface area contributed by atoms with Gasteiger partial charge in [0.05, 0.1) is 17.3 Å². The van der Waals surface area contributed by atoms with Crippen LogP contribution < -0.4 is 0 Å². The zero-order valence-corrected chi connectivity index (χ0v) is 11.8. The van der Waals surface area contributed by atoms with Gasteiger partial charge in [-0.05, 0) is 25.7 Å². The van der Waals surface area contributed by atoms with E-state index in [9.17, 15) is 0 Å². The summed E-state index contributed by atoms with van der Waals surface area (Å²) < 4.78 is 13.5. The van der Waals surface area contributed by atoms with Crippen molar-refractivity contribution in [2.45, 2.75) is 43.7 Å². The molecule has 6 heteroatoms. The van der Waals surface area contributed by atoms with Crippen LogP contribution in [-0.4, -0.2) is 46.3 Å². The average Bonchev–Trinajstić information content (AvgIpc) is 2.89. The summed E-state index contributed by atoms with van der Waals surface area (Å²) in [5, 5.41) is 8.44. The Bertz CT molecular complexity index is 412. The molecule has 5 nitrogen and oxygen atoms in total. The van der Waals surface area contributed by atoms with Crippen molar-refractivity contribution in [1.29, 1.82) is 0 Å². The summed E-state index contributed by atoms with van der Waals surface area (Å²) in [5.74, 6) is 0.591. The molecule has 0 radical (unpaired) electrons. The molecule has 3 rings (SSSR count). The van der Waals surface area contributed by atoms with Crippen LogP contribution in [0, 0.1) is 0 Å². The van der Waals surface area contributed by atoms with Crippen LogP contribution in [0.2, 0.25) is 0 Å². The van der Waals surface area contributed by atoms with Gasteiger partial charge in [0.1, 0.15) is 0 Å². The number of nitrogens with zero attached hydrogens (tertiary/aromatic N) is 3. The zero-order valence-electron chi connectivity index (χ0n) is 11.1. The number of hydrogen-bond donors (Lipinski definition) is 0. The topological polar surface area (TPSA) is 49.2 Å². The number of alkyl halides is 1. The lowest BCUT2D eigenvalue weighted by atomic mass is 9.84. The van der Waals surface area contributed by atoms with E-state index in [1.165, 1.54) is 0 Å². The Labute approximate surface area is 118 Å². The van der Waals surface area contributed by atoms with E-state index in [-0.39, 0.29) is 5.60 Å². The molecular weight excluding hydrogens is 266 g/mol. The van der Waals surface area contributed by atoms with Gasteiger partial charge in [-0.2, -0.15) is 0 Å². The molecule has 1 unspecified atom stereocenters. The third-order valence-corrected chi connectivity index (χ3v) is 4.34. The molecule has 0 saturated carbocycles. The smallest absolute Gasteiger partial charge is 0.0839 e. The van der Waals surface area contributed by atoms with Gasteiger partial charge >= 0.3 is 0 Å². The summed E-state index contributed by atoms with van der Waals surface area (Å²) in [7, 11) is 0. The molecule has 1 aromatic heterocycles. The number of hydrogen-bond acceptors (Lipinski definition) is 4. The van der Waals surface area contributed by atoms with Crippen molar-refractivity contribution in [2.24, 2.45) is 0 Å². The highest BCUT2D eigenvalue weighted by atomic mass is 35.5. The molecule has 0 aromatic carbocycles. The van der Waals surface area contributed by atoms with E-state index in [4.69, 9.17) is 21.1 Å². The second-order valence-electron chi connectivity index (χ2n) is 5.42. The van der Waals surface area contributed by atoms with Crippen LogP contribution >= 0.6 is 11.6 Å². The van der Waals surface area contributed by atoms with Gasteiger partial charge in [-0.1, -0.05) is 5.21 Å². The first-order valence-electron chi connectivity index (χ1n) is 7.00.